The van der Waals surface area contributed by atoms with Crippen molar-refractivity contribution in [2.45, 2.75) is 13.0 Å². The zero-order valence-electron chi connectivity index (χ0n) is 6.29. The van der Waals surface area contributed by atoms with Gasteiger partial charge in [-0.25, -0.2) is 8.78 Å². The van der Waals surface area contributed by atoms with Crippen LogP contribution in [0.3, 0.4) is 0 Å². The fraction of sp³-hybridized carbons (Fsp3) is 0.286. The molecular weight excluding hydrogens is 230 g/mol. The Hall–Kier alpha value is -0.550. The molecule has 3 N–H and O–H groups in total. The molecule has 1 rings (SSSR count). The van der Waals surface area contributed by atoms with E-state index in [9.17, 15) is 8.78 Å². The second-order valence-electron chi connectivity index (χ2n) is 2.49. The maximum atomic E-state index is 12.9. The Balaban J connectivity index is 3.27. The Kier molecular flexibility index (Phi) is 2.44. The van der Waals surface area contributed by atoms with Gasteiger partial charge in [-0.2, -0.15) is 0 Å². The van der Waals surface area contributed by atoms with Crippen molar-refractivity contribution in [1.82, 2.24) is 0 Å². The van der Waals surface area contributed by atoms with Crippen molar-refractivity contribution in [2.75, 3.05) is 0 Å². The van der Waals surface area contributed by atoms with E-state index in [1.807, 2.05) is 0 Å². The van der Waals surface area contributed by atoms with Gasteiger partial charge in [0.2, 0.25) is 0 Å². The van der Waals surface area contributed by atoms with Gasteiger partial charge >= 0.3 is 0 Å². The first kappa shape index (κ1) is 9.54. The van der Waals surface area contributed by atoms with Crippen LogP contribution in [-0.2, 0) is 0 Å². The molecule has 12 heavy (non-hydrogen) atoms. The number of nitrogens with one attached hydrogen (secondary N) is 1. The lowest BCUT2D eigenvalue weighted by molar-refractivity contribution is 0.531. The van der Waals surface area contributed by atoms with E-state index in [-0.39, 0.29) is 15.8 Å². The van der Waals surface area contributed by atoms with E-state index in [1.165, 1.54) is 6.92 Å². The topological polar surface area (TPSA) is 49.9 Å². The molecule has 1 aliphatic rings. The van der Waals surface area contributed by atoms with Crippen LogP contribution in [0.1, 0.15) is 6.92 Å². The van der Waals surface area contributed by atoms with Crippen molar-refractivity contribution < 1.29 is 8.78 Å². The van der Waals surface area contributed by atoms with Crippen LogP contribution in [0.15, 0.2) is 21.7 Å². The minimum absolute atomic E-state index is 0.0387. The standard InChI is InChI=1S/C7H7BrF2N2/c1-2-4(9)5(10)3(8)7(12)6(2)11/h7,11H,12H2,1H3. The van der Waals surface area contributed by atoms with Crippen LogP contribution in [-0.4, -0.2) is 11.8 Å². The molecular formula is C7H7BrF2N2. The summed E-state index contributed by atoms with van der Waals surface area (Å²) in [6.07, 6.45) is 0. The SMILES string of the molecule is CC1=C(F)C(F)=C(Br)C(N)C1=N. The minimum Gasteiger partial charge on any atom is -0.318 e. The number of halogens is 3. The monoisotopic (exact) mass is 236 g/mol. The molecule has 0 heterocycles. The third-order valence-corrected chi connectivity index (χ3v) is 2.56. The first-order valence-corrected chi connectivity index (χ1v) is 4.02. The van der Waals surface area contributed by atoms with E-state index < -0.39 is 17.7 Å². The molecule has 2 nitrogen and oxygen atoms in total. The molecule has 0 radical (unpaired) electrons. The van der Waals surface area contributed by atoms with Crippen LogP contribution in [0.2, 0.25) is 0 Å². The summed E-state index contributed by atoms with van der Waals surface area (Å²) in [5.74, 6) is -2.01. The molecule has 0 aromatic carbocycles. The molecule has 0 spiro atoms. The highest BCUT2D eigenvalue weighted by Gasteiger charge is 2.28. The number of allylic oxidation sites excluding steroid dienone is 2. The van der Waals surface area contributed by atoms with Crippen molar-refractivity contribution in [3.63, 3.8) is 0 Å². The lowest BCUT2D eigenvalue weighted by Crippen LogP contribution is -2.34. The number of hydrogen-bond acceptors (Lipinski definition) is 2. The van der Waals surface area contributed by atoms with Gasteiger partial charge in [0.25, 0.3) is 0 Å². The molecule has 66 valence electrons. The summed E-state index contributed by atoms with van der Waals surface area (Å²) < 4.78 is 25.6. The second kappa shape index (κ2) is 3.06. The molecule has 5 heteroatoms. The summed E-state index contributed by atoms with van der Waals surface area (Å²) in [5, 5.41) is 7.30. The van der Waals surface area contributed by atoms with Gasteiger partial charge in [-0.1, -0.05) is 15.9 Å². The molecule has 0 saturated carbocycles. The first-order valence-electron chi connectivity index (χ1n) is 3.23. The largest absolute Gasteiger partial charge is 0.318 e. The number of nitrogens with two attached hydrogens (primary N) is 1. The van der Waals surface area contributed by atoms with Crippen LogP contribution in [0.25, 0.3) is 0 Å². The Morgan fingerprint density at radius 3 is 2.42 bits per heavy atom. The van der Waals surface area contributed by atoms with Gasteiger partial charge in [0.05, 0.1) is 16.2 Å². The number of rotatable bonds is 0. The fourth-order valence-corrected chi connectivity index (χ4v) is 1.29. The Labute approximate surface area is 76.8 Å². The summed E-state index contributed by atoms with van der Waals surface area (Å²) in [6.45, 7) is 1.33. The molecule has 0 aromatic rings. The predicted molar refractivity (Wildman–Crippen MR) is 46.6 cm³/mol. The van der Waals surface area contributed by atoms with Crippen LogP contribution >= 0.6 is 15.9 Å². The highest BCUT2D eigenvalue weighted by molar-refractivity contribution is 9.11. The van der Waals surface area contributed by atoms with Gasteiger partial charge in [0.15, 0.2) is 11.7 Å². The normalized spacial score (nSPS) is 25.4. The zero-order valence-corrected chi connectivity index (χ0v) is 7.87. The molecule has 1 atom stereocenters. The average molecular weight is 237 g/mol. The average Bonchev–Trinajstić information content (AvgIpc) is 2.08. The second-order valence-corrected chi connectivity index (χ2v) is 3.35. The zero-order chi connectivity index (χ0) is 9.46. The van der Waals surface area contributed by atoms with Crippen molar-refractivity contribution in [3.8, 4) is 0 Å². The van der Waals surface area contributed by atoms with Crippen LogP contribution < -0.4 is 5.73 Å². The Morgan fingerprint density at radius 2 is 1.92 bits per heavy atom. The highest BCUT2D eigenvalue weighted by atomic mass is 79.9. The Morgan fingerprint density at radius 1 is 1.42 bits per heavy atom. The van der Waals surface area contributed by atoms with E-state index in [0.29, 0.717) is 0 Å². The molecule has 0 aliphatic heterocycles. The van der Waals surface area contributed by atoms with E-state index in [0.717, 1.165) is 0 Å². The van der Waals surface area contributed by atoms with Crippen LogP contribution in [0.5, 0.6) is 0 Å². The molecule has 0 fully saturated rings. The van der Waals surface area contributed by atoms with Gasteiger partial charge in [-0.15, -0.1) is 0 Å². The third kappa shape index (κ3) is 1.23. The van der Waals surface area contributed by atoms with Crippen LogP contribution in [0, 0.1) is 5.41 Å². The maximum Gasteiger partial charge on any atom is 0.171 e. The van der Waals surface area contributed by atoms with Crippen molar-refractivity contribution in [2.24, 2.45) is 5.73 Å². The van der Waals surface area contributed by atoms with E-state index >= 15 is 0 Å². The van der Waals surface area contributed by atoms with E-state index in [1.54, 1.807) is 0 Å². The van der Waals surface area contributed by atoms with Gasteiger partial charge in [0, 0.05) is 5.57 Å². The number of hydrogen-bond donors (Lipinski definition) is 2. The summed E-state index contributed by atoms with van der Waals surface area (Å²) in [4.78, 5) is 0. The summed E-state index contributed by atoms with van der Waals surface area (Å²) in [7, 11) is 0. The fourth-order valence-electron chi connectivity index (χ4n) is 0.884. The van der Waals surface area contributed by atoms with Gasteiger partial charge in [-0.05, 0) is 6.92 Å². The summed E-state index contributed by atoms with van der Waals surface area (Å²) >= 11 is 2.79. The molecule has 0 aromatic heterocycles. The lowest BCUT2D eigenvalue weighted by atomic mass is 9.99. The third-order valence-electron chi connectivity index (χ3n) is 1.72. The smallest absolute Gasteiger partial charge is 0.171 e. The van der Waals surface area contributed by atoms with Gasteiger partial charge in [0.1, 0.15) is 0 Å². The maximum absolute atomic E-state index is 12.9. The minimum atomic E-state index is -1.01. The summed E-state index contributed by atoms with van der Waals surface area (Å²) in [6, 6.07) is -0.885. The molecule has 1 unspecified atom stereocenters. The van der Waals surface area contributed by atoms with E-state index in [2.05, 4.69) is 15.9 Å². The molecule has 0 saturated heterocycles. The van der Waals surface area contributed by atoms with Crippen molar-refractivity contribution in [1.29, 1.82) is 5.41 Å². The van der Waals surface area contributed by atoms with Crippen LogP contribution in [0.4, 0.5) is 8.78 Å². The Bertz CT molecular complexity index is 307. The van der Waals surface area contributed by atoms with E-state index in [4.69, 9.17) is 11.1 Å². The van der Waals surface area contributed by atoms with Crippen molar-refractivity contribution in [3.05, 3.63) is 21.7 Å². The molecule has 0 amide bonds. The molecule has 0 bridgehead atoms. The molecule has 1 aliphatic carbocycles. The highest BCUT2D eigenvalue weighted by Crippen LogP contribution is 2.32. The van der Waals surface area contributed by atoms with Gasteiger partial charge in [-0.3, -0.25) is 0 Å². The quantitative estimate of drug-likeness (QED) is 0.666. The lowest BCUT2D eigenvalue weighted by Gasteiger charge is -2.19. The van der Waals surface area contributed by atoms with Gasteiger partial charge < -0.3 is 11.1 Å². The first-order chi connectivity index (χ1) is 5.46. The summed E-state index contributed by atoms with van der Waals surface area (Å²) in [5.41, 5.74) is 5.26. The predicted octanol–water partition coefficient (Wildman–Crippen LogP) is 2.17. The van der Waals surface area contributed by atoms with Crippen molar-refractivity contribution >= 4 is 21.6 Å².